The summed E-state index contributed by atoms with van der Waals surface area (Å²) >= 11 is 6.27. The molecule has 2 aromatic heterocycles. The van der Waals surface area contributed by atoms with Gasteiger partial charge >= 0.3 is 0 Å². The van der Waals surface area contributed by atoms with Crippen LogP contribution in [0.5, 0.6) is 0 Å². The predicted molar refractivity (Wildman–Crippen MR) is 107 cm³/mol. The summed E-state index contributed by atoms with van der Waals surface area (Å²) in [5.41, 5.74) is 4.14. The second-order valence-electron chi connectivity index (χ2n) is 6.37. The van der Waals surface area contributed by atoms with Crippen molar-refractivity contribution in [2.24, 2.45) is 7.05 Å². The molecule has 2 heterocycles. The van der Waals surface area contributed by atoms with Gasteiger partial charge in [0.15, 0.2) is 0 Å². The van der Waals surface area contributed by atoms with Gasteiger partial charge in [-0.3, -0.25) is 14.5 Å². The molecule has 27 heavy (non-hydrogen) atoms. The van der Waals surface area contributed by atoms with Gasteiger partial charge in [-0.25, -0.2) is 0 Å². The molecule has 6 nitrogen and oxygen atoms in total. The van der Waals surface area contributed by atoms with Crippen molar-refractivity contribution in [2.75, 3.05) is 5.32 Å². The van der Waals surface area contributed by atoms with Crippen LogP contribution in [0.15, 0.2) is 48.8 Å². The van der Waals surface area contributed by atoms with Gasteiger partial charge < -0.3 is 10.6 Å². The minimum absolute atomic E-state index is 0.146. The second kappa shape index (κ2) is 8.22. The standard InChI is InChI=1S/C20H22ClN5O/c1-13(17-12-24-26(3)14(17)2)25-20(27)15-7-8-18(21)19(10-15)23-11-16-6-4-5-9-22-16/h4-10,12-13,23H,11H2,1-3H3,(H,25,27). The molecular weight excluding hydrogens is 362 g/mol. The third kappa shape index (κ3) is 4.46. The summed E-state index contributed by atoms with van der Waals surface area (Å²) in [7, 11) is 1.88. The summed E-state index contributed by atoms with van der Waals surface area (Å²) in [4.78, 5) is 16.9. The normalized spacial score (nSPS) is 11.9. The van der Waals surface area contributed by atoms with E-state index in [1.807, 2.05) is 39.1 Å². The highest BCUT2D eigenvalue weighted by atomic mass is 35.5. The molecule has 1 unspecified atom stereocenters. The lowest BCUT2D eigenvalue weighted by Crippen LogP contribution is -2.27. The molecule has 7 heteroatoms. The molecule has 1 aromatic carbocycles. The highest BCUT2D eigenvalue weighted by Gasteiger charge is 2.16. The van der Waals surface area contributed by atoms with E-state index in [1.54, 1.807) is 35.3 Å². The number of aromatic nitrogens is 3. The fourth-order valence-electron chi connectivity index (χ4n) is 2.79. The van der Waals surface area contributed by atoms with Crippen molar-refractivity contribution in [1.82, 2.24) is 20.1 Å². The van der Waals surface area contributed by atoms with Crippen molar-refractivity contribution in [3.05, 3.63) is 76.3 Å². The van der Waals surface area contributed by atoms with Gasteiger partial charge in [0.2, 0.25) is 0 Å². The molecule has 0 aliphatic carbocycles. The third-order valence-corrected chi connectivity index (χ3v) is 4.83. The highest BCUT2D eigenvalue weighted by Crippen LogP contribution is 2.24. The smallest absolute Gasteiger partial charge is 0.251 e. The monoisotopic (exact) mass is 383 g/mol. The number of carbonyl (C=O) groups is 1. The SMILES string of the molecule is Cc1c(C(C)NC(=O)c2ccc(Cl)c(NCc3ccccn3)c2)cnn1C. The van der Waals surface area contributed by atoms with Crippen molar-refractivity contribution < 1.29 is 4.79 Å². The van der Waals surface area contributed by atoms with Crippen LogP contribution in [0.25, 0.3) is 0 Å². The topological polar surface area (TPSA) is 71.8 Å². The summed E-state index contributed by atoms with van der Waals surface area (Å²) in [6.07, 6.45) is 3.52. The lowest BCUT2D eigenvalue weighted by Gasteiger charge is -2.15. The molecule has 1 atom stereocenters. The number of hydrogen-bond donors (Lipinski definition) is 2. The Hall–Kier alpha value is -2.86. The molecule has 3 rings (SSSR count). The summed E-state index contributed by atoms with van der Waals surface area (Å²) in [5.74, 6) is -0.164. The van der Waals surface area contributed by atoms with Crippen LogP contribution in [0.4, 0.5) is 5.69 Å². The number of anilines is 1. The molecule has 0 saturated carbocycles. The fourth-order valence-corrected chi connectivity index (χ4v) is 2.97. The first-order chi connectivity index (χ1) is 13.0. The maximum absolute atomic E-state index is 12.7. The Balaban J connectivity index is 1.70. The minimum Gasteiger partial charge on any atom is -0.378 e. The van der Waals surface area contributed by atoms with Gasteiger partial charge in [0, 0.05) is 30.1 Å². The number of carbonyl (C=O) groups excluding carboxylic acids is 1. The number of halogens is 1. The van der Waals surface area contributed by atoms with Crippen LogP contribution >= 0.6 is 11.6 Å². The highest BCUT2D eigenvalue weighted by molar-refractivity contribution is 6.33. The Morgan fingerprint density at radius 1 is 1.30 bits per heavy atom. The molecule has 2 N–H and O–H groups in total. The number of benzene rings is 1. The van der Waals surface area contributed by atoms with E-state index in [2.05, 4.69) is 20.7 Å². The zero-order valence-corrected chi connectivity index (χ0v) is 16.3. The first-order valence-corrected chi connectivity index (χ1v) is 9.06. The number of hydrogen-bond acceptors (Lipinski definition) is 4. The molecule has 3 aromatic rings. The Kier molecular flexibility index (Phi) is 5.76. The van der Waals surface area contributed by atoms with Crippen molar-refractivity contribution in [3.63, 3.8) is 0 Å². The van der Waals surface area contributed by atoms with E-state index in [9.17, 15) is 4.79 Å². The Bertz CT molecular complexity index is 939. The Morgan fingerprint density at radius 2 is 2.11 bits per heavy atom. The molecule has 0 radical (unpaired) electrons. The number of pyridine rings is 1. The van der Waals surface area contributed by atoms with E-state index in [0.717, 1.165) is 17.0 Å². The lowest BCUT2D eigenvalue weighted by molar-refractivity contribution is 0.0940. The minimum atomic E-state index is -0.164. The Morgan fingerprint density at radius 3 is 2.78 bits per heavy atom. The van der Waals surface area contributed by atoms with Gasteiger partial charge in [-0.1, -0.05) is 17.7 Å². The first-order valence-electron chi connectivity index (χ1n) is 8.68. The maximum Gasteiger partial charge on any atom is 0.251 e. The molecule has 0 aliphatic rings. The van der Waals surface area contributed by atoms with Crippen LogP contribution in [0.3, 0.4) is 0 Å². The molecule has 0 spiro atoms. The molecule has 0 bridgehead atoms. The number of aryl methyl sites for hydroxylation is 1. The van der Waals surface area contributed by atoms with E-state index in [1.165, 1.54) is 0 Å². The lowest BCUT2D eigenvalue weighted by atomic mass is 10.1. The summed E-state index contributed by atoms with van der Waals surface area (Å²) in [5, 5.41) is 11.0. The van der Waals surface area contributed by atoms with Crippen LogP contribution in [-0.4, -0.2) is 20.7 Å². The van der Waals surface area contributed by atoms with E-state index >= 15 is 0 Å². The number of rotatable bonds is 6. The summed E-state index contributed by atoms with van der Waals surface area (Å²) in [6, 6.07) is 10.8. The number of nitrogens with zero attached hydrogens (tertiary/aromatic N) is 3. The van der Waals surface area contributed by atoms with Crippen molar-refractivity contribution >= 4 is 23.2 Å². The molecule has 140 valence electrons. The average molecular weight is 384 g/mol. The molecule has 1 amide bonds. The van der Waals surface area contributed by atoms with Crippen LogP contribution in [0, 0.1) is 6.92 Å². The Labute approximate surface area is 163 Å². The zero-order chi connectivity index (χ0) is 19.4. The van der Waals surface area contributed by atoms with E-state index < -0.39 is 0 Å². The first kappa shape index (κ1) is 18.9. The predicted octanol–water partition coefficient (Wildman–Crippen LogP) is 3.88. The van der Waals surface area contributed by atoms with Crippen LogP contribution in [-0.2, 0) is 13.6 Å². The van der Waals surface area contributed by atoms with Crippen LogP contribution in [0.2, 0.25) is 5.02 Å². The largest absolute Gasteiger partial charge is 0.378 e. The van der Waals surface area contributed by atoms with E-state index in [4.69, 9.17) is 11.6 Å². The molecular formula is C20H22ClN5O. The van der Waals surface area contributed by atoms with Crippen molar-refractivity contribution in [1.29, 1.82) is 0 Å². The van der Waals surface area contributed by atoms with Gasteiger partial charge in [0.05, 0.1) is 35.2 Å². The van der Waals surface area contributed by atoms with E-state index in [0.29, 0.717) is 22.8 Å². The van der Waals surface area contributed by atoms with Gasteiger partial charge in [0.1, 0.15) is 0 Å². The second-order valence-corrected chi connectivity index (χ2v) is 6.78. The summed E-state index contributed by atoms with van der Waals surface area (Å²) in [6.45, 7) is 4.45. The zero-order valence-electron chi connectivity index (χ0n) is 15.5. The van der Waals surface area contributed by atoms with Gasteiger partial charge in [-0.15, -0.1) is 0 Å². The van der Waals surface area contributed by atoms with Gasteiger partial charge in [-0.2, -0.15) is 5.10 Å². The average Bonchev–Trinajstić information content (AvgIpc) is 3.00. The maximum atomic E-state index is 12.7. The van der Waals surface area contributed by atoms with Crippen molar-refractivity contribution in [3.8, 4) is 0 Å². The van der Waals surface area contributed by atoms with Crippen LogP contribution in [0.1, 0.15) is 40.3 Å². The fraction of sp³-hybridized carbons (Fsp3) is 0.250. The van der Waals surface area contributed by atoms with Gasteiger partial charge in [0.25, 0.3) is 5.91 Å². The quantitative estimate of drug-likeness (QED) is 0.677. The molecule has 0 saturated heterocycles. The molecule has 0 aliphatic heterocycles. The number of amides is 1. The third-order valence-electron chi connectivity index (χ3n) is 4.50. The van der Waals surface area contributed by atoms with E-state index in [-0.39, 0.29) is 11.9 Å². The number of nitrogens with one attached hydrogen (secondary N) is 2. The van der Waals surface area contributed by atoms with Gasteiger partial charge in [-0.05, 0) is 44.2 Å². The molecule has 0 fully saturated rings. The van der Waals surface area contributed by atoms with Crippen molar-refractivity contribution in [2.45, 2.75) is 26.4 Å². The summed E-state index contributed by atoms with van der Waals surface area (Å²) < 4.78 is 1.79. The van der Waals surface area contributed by atoms with Crippen LogP contribution < -0.4 is 10.6 Å².